The van der Waals surface area contributed by atoms with Crippen LogP contribution >= 0.6 is 0 Å². The fourth-order valence-electron chi connectivity index (χ4n) is 1.97. The predicted octanol–water partition coefficient (Wildman–Crippen LogP) is 5.13. The molecule has 0 spiro atoms. The Bertz CT molecular complexity index is 498. The van der Waals surface area contributed by atoms with E-state index < -0.39 is 0 Å². The zero-order valence-corrected chi connectivity index (χ0v) is 15.1. The van der Waals surface area contributed by atoms with Crippen LogP contribution in [0.5, 0.6) is 0 Å². The molecule has 0 aliphatic rings. The van der Waals surface area contributed by atoms with Gasteiger partial charge in [-0.25, -0.2) is 0 Å². The fraction of sp³-hybridized carbons (Fsp3) is 0.500. The van der Waals surface area contributed by atoms with E-state index in [0.29, 0.717) is 12.5 Å². The van der Waals surface area contributed by atoms with Crippen LogP contribution in [0, 0.1) is 5.92 Å². The van der Waals surface area contributed by atoms with Gasteiger partial charge in [0.1, 0.15) is 0 Å². The zero-order chi connectivity index (χ0) is 17.1. The molecule has 0 saturated heterocycles. The number of ether oxygens (including phenoxy) is 3. The van der Waals surface area contributed by atoms with E-state index in [1.807, 2.05) is 12.5 Å². The number of hydrogen-bond donors (Lipinski definition) is 0. The monoisotopic (exact) mass is 318 g/mol. The molecule has 0 radical (unpaired) electrons. The minimum absolute atomic E-state index is 0.540. The Morgan fingerprint density at radius 3 is 1.91 bits per heavy atom. The van der Waals surface area contributed by atoms with Gasteiger partial charge in [-0.15, -0.1) is 0 Å². The summed E-state index contributed by atoms with van der Waals surface area (Å²) in [4.78, 5) is 0. The second kappa shape index (κ2) is 10.9. The largest absolute Gasteiger partial charge is 0.501 e. The lowest BCUT2D eigenvalue weighted by Crippen LogP contribution is -1.97. The number of rotatable bonds is 10. The van der Waals surface area contributed by atoms with Crippen molar-refractivity contribution in [3.8, 4) is 0 Å². The van der Waals surface area contributed by atoms with Crippen molar-refractivity contribution in [2.24, 2.45) is 5.92 Å². The number of methoxy groups -OCH3 is 1. The summed E-state index contributed by atoms with van der Waals surface area (Å²) in [6, 6.07) is 8.45. The highest BCUT2D eigenvalue weighted by atomic mass is 16.5. The predicted molar refractivity (Wildman–Crippen MR) is 97.0 cm³/mol. The van der Waals surface area contributed by atoms with Crippen molar-refractivity contribution in [2.75, 3.05) is 26.9 Å². The van der Waals surface area contributed by atoms with Crippen molar-refractivity contribution >= 4 is 11.1 Å². The third-order valence-electron chi connectivity index (χ3n) is 3.36. The molecule has 3 nitrogen and oxygen atoms in total. The Hall–Kier alpha value is -1.74. The molecule has 0 aliphatic carbocycles. The summed E-state index contributed by atoms with van der Waals surface area (Å²) in [6.45, 7) is 10.6. The molecule has 0 heterocycles. The lowest BCUT2D eigenvalue weighted by atomic mass is 10.0. The van der Waals surface area contributed by atoms with Gasteiger partial charge in [0.25, 0.3) is 0 Å². The van der Waals surface area contributed by atoms with E-state index in [-0.39, 0.29) is 0 Å². The fourth-order valence-corrected chi connectivity index (χ4v) is 1.97. The van der Waals surface area contributed by atoms with Crippen LogP contribution in [0.3, 0.4) is 0 Å². The van der Waals surface area contributed by atoms with Crippen LogP contribution in [0.15, 0.2) is 36.8 Å². The summed E-state index contributed by atoms with van der Waals surface area (Å²) in [5, 5.41) is 0. The molecule has 1 rings (SSSR count). The first-order chi connectivity index (χ1) is 11.0. The molecule has 0 fully saturated rings. The minimum atomic E-state index is 0.540. The molecule has 0 unspecified atom stereocenters. The molecule has 128 valence electrons. The first-order valence-electron chi connectivity index (χ1n) is 8.21. The van der Waals surface area contributed by atoms with E-state index in [9.17, 15) is 0 Å². The topological polar surface area (TPSA) is 27.7 Å². The van der Waals surface area contributed by atoms with Crippen molar-refractivity contribution in [3.63, 3.8) is 0 Å². The molecule has 1 aromatic carbocycles. The van der Waals surface area contributed by atoms with Crippen molar-refractivity contribution in [1.29, 1.82) is 0 Å². The van der Waals surface area contributed by atoms with Gasteiger partial charge in [-0.05, 0) is 42.0 Å². The van der Waals surface area contributed by atoms with Crippen LogP contribution in [0.1, 0.15) is 45.2 Å². The number of allylic oxidation sites excluding steroid dienone is 2. The van der Waals surface area contributed by atoms with E-state index in [4.69, 9.17) is 14.2 Å². The Labute approximate surface area is 141 Å². The van der Waals surface area contributed by atoms with E-state index in [2.05, 4.69) is 52.0 Å². The van der Waals surface area contributed by atoms with Crippen molar-refractivity contribution in [2.45, 2.75) is 34.1 Å². The SMILES string of the molecule is COCCCOC=C(C)c1ccc(C(C)=COCC(C)C)cc1. The van der Waals surface area contributed by atoms with Crippen molar-refractivity contribution < 1.29 is 14.2 Å². The molecule has 0 bridgehead atoms. The molecule has 0 atom stereocenters. The first kappa shape index (κ1) is 19.3. The van der Waals surface area contributed by atoms with Gasteiger partial charge in [-0.2, -0.15) is 0 Å². The van der Waals surface area contributed by atoms with Gasteiger partial charge >= 0.3 is 0 Å². The maximum atomic E-state index is 5.57. The molecule has 1 aromatic rings. The van der Waals surface area contributed by atoms with Crippen molar-refractivity contribution in [3.05, 3.63) is 47.9 Å². The van der Waals surface area contributed by atoms with Gasteiger partial charge in [0, 0.05) is 20.1 Å². The van der Waals surface area contributed by atoms with Gasteiger partial charge in [-0.3, -0.25) is 0 Å². The molecular formula is C20H30O3. The second-order valence-electron chi connectivity index (χ2n) is 6.12. The summed E-state index contributed by atoms with van der Waals surface area (Å²) < 4.78 is 16.1. The summed E-state index contributed by atoms with van der Waals surface area (Å²) >= 11 is 0. The molecule has 3 heteroatoms. The highest BCUT2D eigenvalue weighted by Crippen LogP contribution is 2.19. The van der Waals surface area contributed by atoms with Crippen LogP contribution in [0.2, 0.25) is 0 Å². The normalized spacial score (nSPS) is 12.6. The van der Waals surface area contributed by atoms with Crippen molar-refractivity contribution in [1.82, 2.24) is 0 Å². The lowest BCUT2D eigenvalue weighted by molar-refractivity contribution is 0.157. The van der Waals surface area contributed by atoms with Gasteiger partial charge in [-0.1, -0.05) is 38.1 Å². The van der Waals surface area contributed by atoms with E-state index >= 15 is 0 Å². The third kappa shape index (κ3) is 7.89. The molecule has 0 amide bonds. The Balaban J connectivity index is 2.56. The summed E-state index contributed by atoms with van der Waals surface area (Å²) in [6.07, 6.45) is 4.56. The minimum Gasteiger partial charge on any atom is -0.501 e. The smallest absolute Gasteiger partial charge is 0.0896 e. The van der Waals surface area contributed by atoms with Gasteiger partial charge in [0.05, 0.1) is 25.7 Å². The maximum Gasteiger partial charge on any atom is 0.0896 e. The Morgan fingerprint density at radius 1 is 0.913 bits per heavy atom. The number of benzene rings is 1. The van der Waals surface area contributed by atoms with Crippen LogP contribution < -0.4 is 0 Å². The van der Waals surface area contributed by atoms with E-state index in [0.717, 1.165) is 36.3 Å². The highest BCUT2D eigenvalue weighted by molar-refractivity contribution is 5.68. The summed E-state index contributed by atoms with van der Waals surface area (Å²) in [7, 11) is 1.70. The van der Waals surface area contributed by atoms with Crippen LogP contribution in [-0.4, -0.2) is 26.9 Å². The van der Waals surface area contributed by atoms with Gasteiger partial charge < -0.3 is 14.2 Å². The highest BCUT2D eigenvalue weighted by Gasteiger charge is 2.00. The Morgan fingerprint density at radius 2 is 1.43 bits per heavy atom. The van der Waals surface area contributed by atoms with Gasteiger partial charge in [0.15, 0.2) is 0 Å². The summed E-state index contributed by atoms with van der Waals surface area (Å²) in [5.41, 5.74) is 4.59. The van der Waals surface area contributed by atoms with Gasteiger partial charge in [0.2, 0.25) is 0 Å². The zero-order valence-electron chi connectivity index (χ0n) is 15.1. The third-order valence-corrected chi connectivity index (χ3v) is 3.36. The standard InChI is InChI=1S/C20H30O3/c1-16(2)13-23-15-18(4)20-9-7-19(8-10-20)17(3)14-22-12-6-11-21-5/h7-10,14-16H,6,11-13H2,1-5H3. The van der Waals surface area contributed by atoms with E-state index in [1.54, 1.807) is 7.11 Å². The van der Waals surface area contributed by atoms with Crippen LogP contribution in [0.4, 0.5) is 0 Å². The average Bonchev–Trinajstić information content (AvgIpc) is 2.54. The molecule has 0 aliphatic heterocycles. The van der Waals surface area contributed by atoms with Crippen LogP contribution in [0.25, 0.3) is 11.1 Å². The molecular weight excluding hydrogens is 288 g/mol. The molecule has 0 saturated carbocycles. The number of hydrogen-bond acceptors (Lipinski definition) is 3. The molecule has 0 N–H and O–H groups in total. The van der Waals surface area contributed by atoms with E-state index in [1.165, 1.54) is 5.56 Å². The molecule has 23 heavy (non-hydrogen) atoms. The van der Waals surface area contributed by atoms with Crippen LogP contribution in [-0.2, 0) is 14.2 Å². The first-order valence-corrected chi connectivity index (χ1v) is 8.21. The Kier molecular flexibility index (Phi) is 9.15. The quantitative estimate of drug-likeness (QED) is 0.442. The second-order valence-corrected chi connectivity index (χ2v) is 6.12. The maximum absolute atomic E-state index is 5.57. The lowest BCUT2D eigenvalue weighted by Gasteiger charge is -2.08. The summed E-state index contributed by atoms with van der Waals surface area (Å²) in [5.74, 6) is 0.540. The average molecular weight is 318 g/mol. The molecule has 0 aromatic heterocycles.